The molecule has 0 atom stereocenters. The highest BCUT2D eigenvalue weighted by Gasteiger charge is 2.21. The Balaban J connectivity index is 1.08. The lowest BCUT2D eigenvalue weighted by atomic mass is 10.0. The number of hydrogen-bond acceptors (Lipinski definition) is 10. The van der Waals surface area contributed by atoms with Gasteiger partial charge in [-0.25, -0.2) is 38.7 Å². The van der Waals surface area contributed by atoms with Crippen LogP contribution in [0.5, 0.6) is 0 Å². The first-order valence-electron chi connectivity index (χ1n) is 17.9. The summed E-state index contributed by atoms with van der Waals surface area (Å²) in [5.74, 6) is 1.04. The van der Waals surface area contributed by atoms with E-state index in [9.17, 15) is 4.39 Å². The van der Waals surface area contributed by atoms with Crippen LogP contribution in [0.4, 0.5) is 8.78 Å². The monoisotopic (exact) mass is 786 g/mol. The fourth-order valence-electron chi connectivity index (χ4n) is 6.70. The summed E-state index contributed by atoms with van der Waals surface area (Å²) in [4.78, 5) is 31.7. The van der Waals surface area contributed by atoms with Gasteiger partial charge in [-0.3, -0.25) is 0 Å². The van der Waals surface area contributed by atoms with Gasteiger partial charge in [-0.15, -0.1) is 22.7 Å². The zero-order valence-corrected chi connectivity index (χ0v) is 32.2. The molecule has 57 heavy (non-hydrogen) atoms. The van der Waals surface area contributed by atoms with Crippen molar-refractivity contribution in [3.05, 3.63) is 144 Å². The zero-order valence-electron chi connectivity index (χ0n) is 30.5. The lowest BCUT2D eigenvalue weighted by molar-refractivity contribution is 0.541. The second-order valence-electron chi connectivity index (χ2n) is 13.5. The minimum atomic E-state index is -0.381. The Morgan fingerprint density at radius 3 is 1.81 bits per heavy atom. The lowest BCUT2D eigenvalue weighted by Gasteiger charge is -2.11. The number of halogens is 2. The van der Waals surface area contributed by atoms with Gasteiger partial charge in [0.2, 0.25) is 11.8 Å². The third-order valence-corrected chi connectivity index (χ3v) is 11.7. The molecule has 0 saturated heterocycles. The molecule has 0 spiro atoms. The summed E-state index contributed by atoms with van der Waals surface area (Å²) < 4.78 is 41.5. The van der Waals surface area contributed by atoms with Crippen LogP contribution in [0, 0.1) is 32.4 Å². The maximum absolute atomic E-state index is 15.9. The van der Waals surface area contributed by atoms with E-state index in [1.54, 1.807) is 35.8 Å². The van der Waals surface area contributed by atoms with E-state index < -0.39 is 0 Å². The molecule has 10 aromatic rings. The SMILES string of the molecule is Cc1coc(-c2ccc3nc(-c4ccc(F)cc4)c(-c4ccc(-c5cc(-c6nc7ccc(-c8nc(C)c(C)o8)cc7nc6-c6cccs6)ccc5F)s4)nc3c2)n1. The van der Waals surface area contributed by atoms with E-state index in [1.807, 2.05) is 92.9 Å². The number of thiophene rings is 2. The van der Waals surface area contributed by atoms with Gasteiger partial charge in [0, 0.05) is 32.7 Å². The van der Waals surface area contributed by atoms with Crippen LogP contribution < -0.4 is 0 Å². The standard InChI is InChI=1S/C45H28F2N6O2S2/c1-23-22-54-44(48-23)28-9-14-33-35(20-28)53-43(40(50-33)26-6-11-30(46)12-7-26)39-17-16-37(57-39)31-19-27(8-13-32(31)47)41-42(38-5-4-18-56-38)52-36-21-29(10-15-34(36)51-41)45-49-24(2)25(3)55-45/h4-22H,1-3H3. The minimum absolute atomic E-state index is 0.354. The van der Waals surface area contributed by atoms with Crippen molar-refractivity contribution in [2.45, 2.75) is 20.8 Å². The smallest absolute Gasteiger partial charge is 0.226 e. The van der Waals surface area contributed by atoms with Gasteiger partial charge < -0.3 is 8.83 Å². The fraction of sp³-hybridized carbons (Fsp3) is 0.0667. The quantitative estimate of drug-likeness (QED) is 0.157. The Morgan fingerprint density at radius 1 is 0.526 bits per heavy atom. The second-order valence-corrected chi connectivity index (χ2v) is 15.6. The molecule has 0 N–H and O–H groups in total. The van der Waals surface area contributed by atoms with Crippen LogP contribution >= 0.6 is 22.7 Å². The van der Waals surface area contributed by atoms with Crippen LogP contribution in [0.1, 0.15) is 17.1 Å². The summed E-state index contributed by atoms with van der Waals surface area (Å²) in [5, 5.41) is 1.99. The number of nitrogens with zero attached hydrogens (tertiary/aromatic N) is 6. The Kier molecular flexibility index (Phi) is 8.38. The van der Waals surface area contributed by atoms with Crippen LogP contribution in [0.25, 0.3) is 99.1 Å². The van der Waals surface area contributed by atoms with Crippen molar-refractivity contribution in [1.29, 1.82) is 0 Å². The van der Waals surface area contributed by atoms with E-state index in [-0.39, 0.29) is 11.6 Å². The second kappa shape index (κ2) is 13.8. The first-order valence-corrected chi connectivity index (χ1v) is 19.6. The summed E-state index contributed by atoms with van der Waals surface area (Å²) in [6, 6.07) is 30.4. The van der Waals surface area contributed by atoms with Crippen molar-refractivity contribution < 1.29 is 17.6 Å². The number of benzene rings is 4. The van der Waals surface area contributed by atoms with Crippen LogP contribution in [-0.4, -0.2) is 29.9 Å². The van der Waals surface area contributed by atoms with Crippen molar-refractivity contribution in [1.82, 2.24) is 29.9 Å². The Bertz CT molecular complexity index is 3130. The van der Waals surface area contributed by atoms with Gasteiger partial charge in [0.25, 0.3) is 0 Å². The summed E-state index contributed by atoms with van der Waals surface area (Å²) >= 11 is 2.95. The van der Waals surface area contributed by atoms with Crippen LogP contribution in [0.3, 0.4) is 0 Å². The maximum atomic E-state index is 15.9. The van der Waals surface area contributed by atoms with Gasteiger partial charge in [0.05, 0.1) is 54.6 Å². The van der Waals surface area contributed by atoms with E-state index >= 15 is 4.39 Å². The molecule has 12 heteroatoms. The Hall–Kier alpha value is -6.76. The highest BCUT2D eigenvalue weighted by Crippen LogP contribution is 2.42. The van der Waals surface area contributed by atoms with E-state index in [2.05, 4.69) is 9.97 Å². The summed E-state index contributed by atoms with van der Waals surface area (Å²) in [6.45, 7) is 5.67. The van der Waals surface area contributed by atoms with Gasteiger partial charge in [0.15, 0.2) is 0 Å². The van der Waals surface area contributed by atoms with Gasteiger partial charge in [0.1, 0.15) is 35.0 Å². The maximum Gasteiger partial charge on any atom is 0.226 e. The van der Waals surface area contributed by atoms with Crippen LogP contribution in [-0.2, 0) is 0 Å². The average Bonchev–Trinajstić information content (AvgIpc) is 4.07. The molecule has 0 aliphatic carbocycles. The van der Waals surface area contributed by atoms with E-state index in [0.29, 0.717) is 78.2 Å². The summed E-state index contributed by atoms with van der Waals surface area (Å²) in [5.41, 5.74) is 10.1. The van der Waals surface area contributed by atoms with Gasteiger partial charge in [-0.1, -0.05) is 6.07 Å². The molecule has 0 saturated carbocycles. The molecule has 276 valence electrons. The number of fused-ring (bicyclic) bond motifs is 2. The first-order chi connectivity index (χ1) is 27.7. The first kappa shape index (κ1) is 34.7. The summed E-state index contributed by atoms with van der Waals surface area (Å²) in [6.07, 6.45) is 1.60. The molecule has 0 aliphatic heterocycles. The topological polar surface area (TPSA) is 104 Å². The molecular formula is C45H28F2N6O2S2. The van der Waals surface area contributed by atoms with Gasteiger partial charge >= 0.3 is 0 Å². The number of aryl methyl sites for hydroxylation is 3. The molecular weight excluding hydrogens is 759 g/mol. The Labute approximate surface area is 332 Å². The van der Waals surface area contributed by atoms with Crippen molar-refractivity contribution in [2.75, 3.05) is 0 Å². The molecule has 6 heterocycles. The van der Waals surface area contributed by atoms with E-state index in [1.165, 1.54) is 29.5 Å². The minimum Gasteiger partial charge on any atom is -0.444 e. The largest absolute Gasteiger partial charge is 0.444 e. The number of hydrogen-bond donors (Lipinski definition) is 0. The molecule has 0 fully saturated rings. The van der Waals surface area contributed by atoms with Crippen molar-refractivity contribution in [2.24, 2.45) is 0 Å². The number of oxazole rings is 2. The molecule has 0 radical (unpaired) electrons. The van der Waals surface area contributed by atoms with Crippen LogP contribution in [0.15, 0.2) is 124 Å². The molecule has 8 nitrogen and oxygen atoms in total. The third-order valence-electron chi connectivity index (χ3n) is 9.69. The van der Waals surface area contributed by atoms with Crippen molar-refractivity contribution in [3.63, 3.8) is 0 Å². The predicted octanol–water partition coefficient (Wildman–Crippen LogP) is 12.5. The number of aromatic nitrogens is 6. The Morgan fingerprint density at radius 2 is 1.16 bits per heavy atom. The van der Waals surface area contributed by atoms with Crippen LogP contribution in [0.2, 0.25) is 0 Å². The molecule has 0 amide bonds. The van der Waals surface area contributed by atoms with Crippen molar-refractivity contribution >= 4 is 44.7 Å². The van der Waals surface area contributed by atoms with E-state index in [4.69, 9.17) is 28.8 Å². The van der Waals surface area contributed by atoms with Gasteiger partial charge in [-0.05, 0) is 123 Å². The summed E-state index contributed by atoms with van der Waals surface area (Å²) in [7, 11) is 0. The molecule has 0 unspecified atom stereocenters. The van der Waals surface area contributed by atoms with Crippen molar-refractivity contribution in [3.8, 4) is 77.0 Å². The van der Waals surface area contributed by atoms with Gasteiger partial charge in [-0.2, -0.15) is 0 Å². The predicted molar refractivity (Wildman–Crippen MR) is 221 cm³/mol. The van der Waals surface area contributed by atoms with E-state index in [0.717, 1.165) is 38.0 Å². The highest BCUT2D eigenvalue weighted by molar-refractivity contribution is 7.18. The third kappa shape index (κ3) is 6.38. The fourth-order valence-corrected chi connectivity index (χ4v) is 8.43. The normalized spacial score (nSPS) is 11.6. The molecule has 6 aromatic heterocycles. The number of rotatable bonds is 7. The lowest BCUT2D eigenvalue weighted by Crippen LogP contribution is -1.96. The molecule has 4 aromatic carbocycles. The molecule has 0 aliphatic rings. The zero-order chi connectivity index (χ0) is 38.8. The highest BCUT2D eigenvalue weighted by atomic mass is 32.1. The molecule has 0 bridgehead atoms. The average molecular weight is 787 g/mol. The molecule has 10 rings (SSSR count).